The lowest BCUT2D eigenvalue weighted by Crippen LogP contribution is -2.47. The Morgan fingerprint density at radius 3 is 2.84 bits per heavy atom. The van der Waals surface area contributed by atoms with E-state index in [0.29, 0.717) is 13.0 Å². The van der Waals surface area contributed by atoms with Crippen molar-refractivity contribution in [3.8, 4) is 0 Å². The first-order chi connectivity index (χ1) is 9.25. The summed E-state index contributed by atoms with van der Waals surface area (Å²) in [6, 6.07) is 9.11. The van der Waals surface area contributed by atoms with Gasteiger partial charge >= 0.3 is 0 Å². The molecule has 5 heteroatoms. The van der Waals surface area contributed by atoms with E-state index < -0.39 is 6.04 Å². The van der Waals surface area contributed by atoms with Crippen LogP contribution in [-0.2, 0) is 9.59 Å². The summed E-state index contributed by atoms with van der Waals surface area (Å²) in [7, 11) is 0. The number of hydrogen-bond donors (Lipinski definition) is 3. The van der Waals surface area contributed by atoms with E-state index in [1.807, 2.05) is 30.3 Å². The van der Waals surface area contributed by atoms with Crippen LogP contribution in [0.3, 0.4) is 0 Å². The lowest BCUT2D eigenvalue weighted by atomic mass is 10.1. The first kappa shape index (κ1) is 13.4. The number of amides is 2. The van der Waals surface area contributed by atoms with Crippen LogP contribution in [0.2, 0.25) is 0 Å². The molecule has 1 aromatic carbocycles. The second-order valence-electron chi connectivity index (χ2n) is 4.63. The summed E-state index contributed by atoms with van der Waals surface area (Å²) in [5, 5.41) is 8.59. The van der Waals surface area contributed by atoms with Crippen molar-refractivity contribution in [3.05, 3.63) is 30.3 Å². The number of nitrogens with one attached hydrogen (secondary N) is 3. The number of hydrogen-bond acceptors (Lipinski definition) is 3. The van der Waals surface area contributed by atoms with E-state index >= 15 is 0 Å². The van der Waals surface area contributed by atoms with Crippen LogP contribution in [0.25, 0.3) is 0 Å². The molecule has 1 saturated heterocycles. The highest BCUT2D eigenvalue weighted by Gasteiger charge is 2.21. The molecule has 0 spiro atoms. The highest BCUT2D eigenvalue weighted by Crippen LogP contribution is 2.06. The molecule has 2 amide bonds. The number of para-hydroxylation sites is 1. The molecule has 0 bridgehead atoms. The minimum absolute atomic E-state index is 0.0782. The lowest BCUT2D eigenvalue weighted by molar-refractivity contribution is -0.128. The lowest BCUT2D eigenvalue weighted by Gasteiger charge is -2.15. The molecule has 3 N–H and O–H groups in total. The van der Waals surface area contributed by atoms with Crippen molar-refractivity contribution in [2.45, 2.75) is 25.3 Å². The van der Waals surface area contributed by atoms with Crippen molar-refractivity contribution in [1.82, 2.24) is 10.6 Å². The molecule has 1 aliphatic heterocycles. The molecule has 0 aliphatic carbocycles. The molecule has 0 aromatic heterocycles. The Hall–Kier alpha value is -2.04. The standard InChI is InChI=1S/C14H19N3O2/c18-13(10-16-11-6-2-1-3-7-11)17-12-8-4-5-9-15-14(12)19/h1-3,6-7,12,16H,4-5,8-10H2,(H,15,19)(H,17,18). The third kappa shape index (κ3) is 4.28. The fourth-order valence-electron chi connectivity index (χ4n) is 2.06. The van der Waals surface area contributed by atoms with E-state index in [0.717, 1.165) is 18.5 Å². The molecule has 1 fully saturated rings. The van der Waals surface area contributed by atoms with Gasteiger partial charge in [-0.1, -0.05) is 18.2 Å². The van der Waals surface area contributed by atoms with Gasteiger partial charge in [0.15, 0.2) is 0 Å². The van der Waals surface area contributed by atoms with Gasteiger partial charge in [0.25, 0.3) is 0 Å². The number of rotatable bonds is 4. The summed E-state index contributed by atoms with van der Waals surface area (Å²) in [4.78, 5) is 23.5. The summed E-state index contributed by atoms with van der Waals surface area (Å²) in [5.74, 6) is -0.239. The van der Waals surface area contributed by atoms with Gasteiger partial charge in [-0.15, -0.1) is 0 Å². The van der Waals surface area contributed by atoms with Crippen molar-refractivity contribution in [2.75, 3.05) is 18.4 Å². The fourth-order valence-corrected chi connectivity index (χ4v) is 2.06. The second kappa shape index (κ2) is 6.78. The molecule has 1 aliphatic rings. The summed E-state index contributed by atoms with van der Waals surface area (Å²) < 4.78 is 0. The molecule has 19 heavy (non-hydrogen) atoms. The van der Waals surface area contributed by atoms with Gasteiger partial charge in [-0.05, 0) is 31.4 Å². The van der Waals surface area contributed by atoms with Crippen molar-refractivity contribution in [3.63, 3.8) is 0 Å². The topological polar surface area (TPSA) is 70.2 Å². The van der Waals surface area contributed by atoms with Crippen LogP contribution in [0, 0.1) is 0 Å². The van der Waals surface area contributed by atoms with Gasteiger partial charge in [0.1, 0.15) is 6.04 Å². The Labute approximate surface area is 112 Å². The van der Waals surface area contributed by atoms with Crippen LogP contribution in [-0.4, -0.2) is 30.9 Å². The zero-order valence-corrected chi connectivity index (χ0v) is 10.8. The maximum Gasteiger partial charge on any atom is 0.242 e. The van der Waals surface area contributed by atoms with E-state index in [4.69, 9.17) is 0 Å². The van der Waals surface area contributed by atoms with Crippen LogP contribution in [0.1, 0.15) is 19.3 Å². The molecule has 1 heterocycles. The van der Waals surface area contributed by atoms with E-state index in [-0.39, 0.29) is 18.4 Å². The fraction of sp³-hybridized carbons (Fsp3) is 0.429. The average Bonchev–Trinajstić information content (AvgIpc) is 2.63. The van der Waals surface area contributed by atoms with Gasteiger partial charge in [-0.2, -0.15) is 0 Å². The van der Waals surface area contributed by atoms with E-state index in [1.54, 1.807) is 0 Å². The molecule has 1 unspecified atom stereocenters. The third-order valence-electron chi connectivity index (χ3n) is 3.10. The molecule has 0 saturated carbocycles. The first-order valence-electron chi connectivity index (χ1n) is 6.62. The van der Waals surface area contributed by atoms with Gasteiger partial charge in [-0.25, -0.2) is 0 Å². The normalized spacial score (nSPS) is 19.2. The average molecular weight is 261 g/mol. The summed E-state index contributed by atoms with van der Waals surface area (Å²) in [5.41, 5.74) is 0.892. The molecule has 5 nitrogen and oxygen atoms in total. The Morgan fingerprint density at radius 1 is 1.26 bits per heavy atom. The minimum atomic E-state index is -0.396. The Bertz CT molecular complexity index is 434. The molecule has 0 radical (unpaired) electrons. The quantitative estimate of drug-likeness (QED) is 0.753. The van der Waals surface area contributed by atoms with Crippen LogP contribution >= 0.6 is 0 Å². The molecular formula is C14H19N3O2. The maximum atomic E-state index is 11.8. The zero-order valence-electron chi connectivity index (χ0n) is 10.8. The van der Waals surface area contributed by atoms with Gasteiger partial charge < -0.3 is 16.0 Å². The Balaban J connectivity index is 1.79. The largest absolute Gasteiger partial charge is 0.376 e. The van der Waals surface area contributed by atoms with Gasteiger partial charge in [0.2, 0.25) is 11.8 Å². The van der Waals surface area contributed by atoms with Crippen molar-refractivity contribution in [2.24, 2.45) is 0 Å². The maximum absolute atomic E-state index is 11.8. The van der Waals surface area contributed by atoms with Crippen LogP contribution in [0.15, 0.2) is 30.3 Å². The number of benzene rings is 1. The zero-order chi connectivity index (χ0) is 13.5. The van der Waals surface area contributed by atoms with E-state index in [2.05, 4.69) is 16.0 Å². The highest BCUT2D eigenvalue weighted by molar-refractivity contribution is 5.89. The molecule has 2 rings (SSSR count). The highest BCUT2D eigenvalue weighted by atomic mass is 16.2. The second-order valence-corrected chi connectivity index (χ2v) is 4.63. The van der Waals surface area contributed by atoms with Crippen molar-refractivity contribution >= 4 is 17.5 Å². The summed E-state index contributed by atoms with van der Waals surface area (Å²) in [6.45, 7) is 0.876. The van der Waals surface area contributed by atoms with Crippen molar-refractivity contribution in [1.29, 1.82) is 0 Å². The summed E-state index contributed by atoms with van der Waals surface area (Å²) in [6.07, 6.45) is 2.64. The number of carbonyl (C=O) groups excluding carboxylic acids is 2. The van der Waals surface area contributed by atoms with E-state index in [9.17, 15) is 9.59 Å². The Morgan fingerprint density at radius 2 is 2.05 bits per heavy atom. The van der Waals surface area contributed by atoms with Crippen LogP contribution in [0.5, 0.6) is 0 Å². The minimum Gasteiger partial charge on any atom is -0.376 e. The van der Waals surface area contributed by atoms with Gasteiger partial charge in [0, 0.05) is 12.2 Å². The molecule has 1 aromatic rings. The number of carbonyl (C=O) groups is 2. The number of anilines is 1. The predicted molar refractivity (Wildman–Crippen MR) is 73.7 cm³/mol. The molecule has 102 valence electrons. The van der Waals surface area contributed by atoms with Gasteiger partial charge in [0.05, 0.1) is 6.54 Å². The van der Waals surface area contributed by atoms with Crippen LogP contribution in [0.4, 0.5) is 5.69 Å². The third-order valence-corrected chi connectivity index (χ3v) is 3.10. The van der Waals surface area contributed by atoms with Crippen LogP contribution < -0.4 is 16.0 Å². The van der Waals surface area contributed by atoms with Gasteiger partial charge in [-0.3, -0.25) is 9.59 Å². The summed E-state index contributed by atoms with van der Waals surface area (Å²) >= 11 is 0. The van der Waals surface area contributed by atoms with E-state index in [1.165, 1.54) is 0 Å². The van der Waals surface area contributed by atoms with Crippen molar-refractivity contribution < 1.29 is 9.59 Å². The first-order valence-corrected chi connectivity index (χ1v) is 6.62. The molecular weight excluding hydrogens is 242 g/mol. The molecule has 1 atom stereocenters. The Kier molecular flexibility index (Phi) is 4.78. The SMILES string of the molecule is O=C(CNc1ccccc1)NC1CCCCNC1=O. The predicted octanol–water partition coefficient (Wildman–Crippen LogP) is 0.883. The smallest absolute Gasteiger partial charge is 0.242 e. The monoisotopic (exact) mass is 261 g/mol.